The molecule has 16 heavy (non-hydrogen) atoms. The molecule has 1 aliphatic carbocycles. The van der Waals surface area contributed by atoms with Gasteiger partial charge in [0.25, 0.3) is 0 Å². The Hall–Kier alpha value is -0.120. The second-order valence-electron chi connectivity index (χ2n) is 5.52. The Morgan fingerprint density at radius 1 is 1.44 bits per heavy atom. The van der Waals surface area contributed by atoms with Crippen LogP contribution >= 0.6 is 0 Å². The molecule has 94 valence electrons. The third kappa shape index (κ3) is 2.96. The minimum atomic E-state index is 0.0238. The van der Waals surface area contributed by atoms with Gasteiger partial charge >= 0.3 is 0 Å². The summed E-state index contributed by atoms with van der Waals surface area (Å²) in [5.74, 6) is 0. The van der Waals surface area contributed by atoms with Crippen LogP contribution in [-0.4, -0.2) is 49.0 Å². The lowest BCUT2D eigenvalue weighted by molar-refractivity contribution is -0.0564. The quantitative estimate of drug-likeness (QED) is 0.749. The molecule has 0 spiro atoms. The van der Waals surface area contributed by atoms with Crippen molar-refractivity contribution in [2.75, 3.05) is 32.9 Å². The Balaban J connectivity index is 1.91. The number of aliphatic hydroxyl groups excluding tert-OH is 1. The van der Waals surface area contributed by atoms with Crippen LogP contribution in [0.15, 0.2) is 0 Å². The van der Waals surface area contributed by atoms with Gasteiger partial charge in [0.05, 0.1) is 13.2 Å². The van der Waals surface area contributed by atoms with Gasteiger partial charge in [0.1, 0.15) is 0 Å². The lowest BCUT2D eigenvalue weighted by Gasteiger charge is -2.39. The lowest BCUT2D eigenvalue weighted by atomic mass is 9.82. The molecular weight excluding hydrogens is 202 g/mol. The SMILES string of the molecule is CCCN(CC1(CO)CCCOC1)C1CC1. The number of ether oxygens (including phenoxy) is 1. The molecule has 2 fully saturated rings. The van der Waals surface area contributed by atoms with Crippen LogP contribution in [0.1, 0.15) is 39.0 Å². The fourth-order valence-electron chi connectivity index (χ4n) is 2.76. The topological polar surface area (TPSA) is 32.7 Å². The summed E-state index contributed by atoms with van der Waals surface area (Å²) in [6.45, 7) is 6.34. The maximum absolute atomic E-state index is 9.65. The largest absolute Gasteiger partial charge is 0.396 e. The van der Waals surface area contributed by atoms with E-state index in [9.17, 15) is 5.11 Å². The monoisotopic (exact) mass is 227 g/mol. The average molecular weight is 227 g/mol. The van der Waals surface area contributed by atoms with Gasteiger partial charge in [-0.05, 0) is 38.6 Å². The third-order valence-corrected chi connectivity index (χ3v) is 3.85. The molecule has 1 N–H and O–H groups in total. The van der Waals surface area contributed by atoms with Gasteiger partial charge in [0, 0.05) is 24.6 Å². The number of aliphatic hydroxyl groups is 1. The van der Waals surface area contributed by atoms with Crippen molar-refractivity contribution in [1.82, 2.24) is 4.90 Å². The van der Waals surface area contributed by atoms with Gasteiger partial charge in [-0.1, -0.05) is 6.92 Å². The molecule has 3 heteroatoms. The highest BCUT2D eigenvalue weighted by Crippen LogP contribution is 2.34. The Morgan fingerprint density at radius 2 is 2.25 bits per heavy atom. The summed E-state index contributed by atoms with van der Waals surface area (Å²) in [5.41, 5.74) is 0.0238. The van der Waals surface area contributed by atoms with Gasteiger partial charge < -0.3 is 9.84 Å². The molecule has 1 aliphatic heterocycles. The fraction of sp³-hybridized carbons (Fsp3) is 1.00. The van der Waals surface area contributed by atoms with Crippen molar-refractivity contribution in [2.24, 2.45) is 5.41 Å². The van der Waals surface area contributed by atoms with E-state index in [1.165, 1.54) is 25.8 Å². The summed E-state index contributed by atoms with van der Waals surface area (Å²) in [6.07, 6.45) is 6.13. The highest BCUT2D eigenvalue weighted by molar-refractivity contribution is 4.91. The Morgan fingerprint density at radius 3 is 2.75 bits per heavy atom. The van der Waals surface area contributed by atoms with Crippen LogP contribution in [0.2, 0.25) is 0 Å². The van der Waals surface area contributed by atoms with Crippen molar-refractivity contribution in [3.63, 3.8) is 0 Å². The van der Waals surface area contributed by atoms with Gasteiger partial charge in [0.15, 0.2) is 0 Å². The number of hydrogen-bond acceptors (Lipinski definition) is 3. The van der Waals surface area contributed by atoms with E-state index in [1.807, 2.05) is 0 Å². The van der Waals surface area contributed by atoms with Crippen molar-refractivity contribution in [3.8, 4) is 0 Å². The molecule has 0 aromatic carbocycles. The normalized spacial score (nSPS) is 30.9. The van der Waals surface area contributed by atoms with E-state index in [0.717, 1.165) is 38.6 Å². The summed E-state index contributed by atoms with van der Waals surface area (Å²) in [5, 5.41) is 9.65. The van der Waals surface area contributed by atoms with Crippen LogP contribution in [-0.2, 0) is 4.74 Å². The number of hydrogen-bond donors (Lipinski definition) is 1. The Labute approximate surface area is 98.8 Å². The molecule has 1 saturated heterocycles. The van der Waals surface area contributed by atoms with Gasteiger partial charge in [-0.25, -0.2) is 0 Å². The van der Waals surface area contributed by atoms with Crippen LogP contribution in [0.5, 0.6) is 0 Å². The molecule has 1 saturated carbocycles. The maximum Gasteiger partial charge on any atom is 0.0556 e. The predicted octanol–water partition coefficient (Wildman–Crippen LogP) is 1.65. The minimum absolute atomic E-state index is 0.0238. The van der Waals surface area contributed by atoms with E-state index in [-0.39, 0.29) is 12.0 Å². The van der Waals surface area contributed by atoms with Gasteiger partial charge in [-0.3, -0.25) is 4.90 Å². The second kappa shape index (κ2) is 5.48. The molecule has 2 aliphatic rings. The molecule has 0 bridgehead atoms. The van der Waals surface area contributed by atoms with E-state index in [4.69, 9.17) is 4.74 Å². The zero-order valence-corrected chi connectivity index (χ0v) is 10.5. The van der Waals surface area contributed by atoms with Crippen LogP contribution in [0.4, 0.5) is 0 Å². The first-order chi connectivity index (χ1) is 7.79. The molecule has 0 radical (unpaired) electrons. The van der Waals surface area contributed by atoms with Crippen LogP contribution < -0.4 is 0 Å². The summed E-state index contributed by atoms with van der Waals surface area (Å²) in [7, 11) is 0. The smallest absolute Gasteiger partial charge is 0.0556 e. The fourth-order valence-corrected chi connectivity index (χ4v) is 2.76. The minimum Gasteiger partial charge on any atom is -0.396 e. The molecule has 0 aromatic rings. The molecule has 0 aromatic heterocycles. The van der Waals surface area contributed by atoms with E-state index >= 15 is 0 Å². The highest BCUT2D eigenvalue weighted by Gasteiger charge is 2.38. The maximum atomic E-state index is 9.65. The average Bonchev–Trinajstić information content (AvgIpc) is 3.14. The van der Waals surface area contributed by atoms with Crippen LogP contribution in [0.3, 0.4) is 0 Å². The zero-order chi connectivity index (χ0) is 11.4. The first-order valence-electron chi connectivity index (χ1n) is 6.72. The summed E-state index contributed by atoms with van der Waals surface area (Å²) in [4.78, 5) is 2.57. The van der Waals surface area contributed by atoms with Crippen LogP contribution in [0.25, 0.3) is 0 Å². The van der Waals surface area contributed by atoms with E-state index < -0.39 is 0 Å². The Bertz CT molecular complexity index is 210. The van der Waals surface area contributed by atoms with Crippen molar-refractivity contribution in [2.45, 2.75) is 45.1 Å². The lowest BCUT2D eigenvalue weighted by Crippen LogP contribution is -2.46. The molecule has 1 unspecified atom stereocenters. The molecule has 1 heterocycles. The van der Waals surface area contributed by atoms with E-state index in [1.54, 1.807) is 0 Å². The standard InChI is InChI=1S/C13H25NO2/c1-2-7-14(12-4-5-12)9-13(10-15)6-3-8-16-11-13/h12,15H,2-11H2,1H3. The first-order valence-corrected chi connectivity index (χ1v) is 6.72. The molecule has 1 atom stereocenters. The molecule has 2 rings (SSSR count). The third-order valence-electron chi connectivity index (χ3n) is 3.85. The van der Waals surface area contributed by atoms with Crippen molar-refractivity contribution in [3.05, 3.63) is 0 Å². The summed E-state index contributed by atoms with van der Waals surface area (Å²) in [6, 6.07) is 0.797. The number of nitrogens with zero attached hydrogens (tertiary/aromatic N) is 1. The van der Waals surface area contributed by atoms with Gasteiger partial charge in [-0.2, -0.15) is 0 Å². The summed E-state index contributed by atoms with van der Waals surface area (Å²) >= 11 is 0. The van der Waals surface area contributed by atoms with Crippen molar-refractivity contribution >= 4 is 0 Å². The van der Waals surface area contributed by atoms with E-state index in [0.29, 0.717) is 0 Å². The molecule has 0 amide bonds. The summed E-state index contributed by atoms with van der Waals surface area (Å²) < 4.78 is 5.57. The van der Waals surface area contributed by atoms with Crippen molar-refractivity contribution < 1.29 is 9.84 Å². The van der Waals surface area contributed by atoms with Gasteiger partial charge in [0.2, 0.25) is 0 Å². The zero-order valence-electron chi connectivity index (χ0n) is 10.5. The second-order valence-corrected chi connectivity index (χ2v) is 5.52. The van der Waals surface area contributed by atoms with Crippen molar-refractivity contribution in [1.29, 1.82) is 0 Å². The Kier molecular flexibility index (Phi) is 4.22. The highest BCUT2D eigenvalue weighted by atomic mass is 16.5. The van der Waals surface area contributed by atoms with Gasteiger partial charge in [-0.15, -0.1) is 0 Å². The predicted molar refractivity (Wildman–Crippen MR) is 64.5 cm³/mol. The molecule has 3 nitrogen and oxygen atoms in total. The molecular formula is C13H25NO2. The van der Waals surface area contributed by atoms with E-state index in [2.05, 4.69) is 11.8 Å². The van der Waals surface area contributed by atoms with Crippen LogP contribution in [0, 0.1) is 5.41 Å². The first kappa shape index (κ1) is 12.3. The number of rotatable bonds is 6.